The Morgan fingerprint density at radius 1 is 1.14 bits per heavy atom. The molecule has 9 heteroatoms. The summed E-state index contributed by atoms with van der Waals surface area (Å²) in [4.78, 5) is 48.1. The Bertz CT molecular complexity index is 1100. The minimum absolute atomic E-state index is 0.0433. The first kappa shape index (κ1) is 18.3. The quantitative estimate of drug-likeness (QED) is 0.722. The van der Waals surface area contributed by atoms with Crippen molar-refractivity contribution in [2.24, 2.45) is 0 Å². The van der Waals surface area contributed by atoms with Gasteiger partial charge in [0.15, 0.2) is 0 Å². The summed E-state index contributed by atoms with van der Waals surface area (Å²) in [5.74, 6) is -1.01. The molecule has 0 spiro atoms. The highest BCUT2D eigenvalue weighted by molar-refractivity contribution is 7.17. The number of rotatable bonds is 4. The van der Waals surface area contributed by atoms with Crippen LogP contribution in [0.15, 0.2) is 34.7 Å². The molecule has 0 saturated carbocycles. The Morgan fingerprint density at radius 3 is 2.54 bits per heavy atom. The van der Waals surface area contributed by atoms with Crippen molar-refractivity contribution in [1.29, 1.82) is 0 Å². The van der Waals surface area contributed by atoms with E-state index in [2.05, 4.69) is 9.97 Å². The number of carbonyl (C=O) groups excluding carboxylic acids is 1. The molecule has 1 N–H and O–H groups in total. The molecule has 1 fully saturated rings. The fourth-order valence-electron chi connectivity index (χ4n) is 3.43. The highest BCUT2D eigenvalue weighted by Gasteiger charge is 2.23. The van der Waals surface area contributed by atoms with Crippen LogP contribution in [-0.4, -0.2) is 49.5 Å². The molecule has 0 atom stereocenters. The topological polar surface area (TPSA) is 105 Å². The number of carboxylic acids is 1. The van der Waals surface area contributed by atoms with Gasteiger partial charge in [0.05, 0.1) is 10.9 Å². The van der Waals surface area contributed by atoms with Gasteiger partial charge in [-0.2, -0.15) is 0 Å². The molecule has 0 radical (unpaired) electrons. The number of aromatic carboxylic acids is 1. The molecule has 3 aromatic rings. The molecule has 4 rings (SSSR count). The molecule has 0 aromatic carbocycles. The SMILES string of the molecule is O=C(O)c1csc2nc(-c3ccncc3)n(CC(=O)N3CCCCC3)c(=O)c12. The fourth-order valence-corrected chi connectivity index (χ4v) is 4.33. The van der Waals surface area contributed by atoms with Gasteiger partial charge in [-0.05, 0) is 31.4 Å². The lowest BCUT2D eigenvalue weighted by atomic mass is 10.1. The number of pyridine rings is 1. The maximum absolute atomic E-state index is 13.2. The molecule has 8 nitrogen and oxygen atoms in total. The summed E-state index contributed by atoms with van der Waals surface area (Å²) in [6.07, 6.45) is 6.15. The number of aromatic nitrogens is 3. The number of thiophene rings is 1. The molecule has 1 saturated heterocycles. The summed E-state index contributed by atoms with van der Waals surface area (Å²) in [5, 5.41) is 10.9. The summed E-state index contributed by atoms with van der Waals surface area (Å²) in [7, 11) is 0. The van der Waals surface area contributed by atoms with Crippen LogP contribution in [0.4, 0.5) is 0 Å². The number of hydrogen-bond acceptors (Lipinski definition) is 6. The molecule has 4 heterocycles. The zero-order valence-electron chi connectivity index (χ0n) is 15.0. The monoisotopic (exact) mass is 398 g/mol. The molecular formula is C19H18N4O4S. The van der Waals surface area contributed by atoms with Gasteiger partial charge in [-0.1, -0.05) is 0 Å². The average molecular weight is 398 g/mol. The first-order valence-electron chi connectivity index (χ1n) is 9.00. The first-order chi connectivity index (χ1) is 13.6. The zero-order chi connectivity index (χ0) is 19.7. The molecule has 28 heavy (non-hydrogen) atoms. The number of nitrogens with zero attached hydrogens (tertiary/aromatic N) is 4. The molecular weight excluding hydrogens is 380 g/mol. The number of piperidine rings is 1. The number of carbonyl (C=O) groups is 2. The van der Waals surface area contributed by atoms with E-state index < -0.39 is 11.5 Å². The lowest BCUT2D eigenvalue weighted by Gasteiger charge is -2.27. The van der Waals surface area contributed by atoms with Crippen LogP contribution in [0.1, 0.15) is 29.6 Å². The third kappa shape index (κ3) is 3.29. The normalized spacial score (nSPS) is 14.4. The smallest absolute Gasteiger partial charge is 0.337 e. The Morgan fingerprint density at radius 2 is 1.86 bits per heavy atom. The molecule has 1 amide bonds. The van der Waals surface area contributed by atoms with Gasteiger partial charge < -0.3 is 10.0 Å². The molecule has 0 aliphatic carbocycles. The molecule has 3 aromatic heterocycles. The molecule has 144 valence electrons. The van der Waals surface area contributed by atoms with Gasteiger partial charge in [-0.15, -0.1) is 11.3 Å². The Balaban J connectivity index is 1.86. The Hall–Kier alpha value is -3.07. The van der Waals surface area contributed by atoms with Gasteiger partial charge in [0.25, 0.3) is 5.56 Å². The van der Waals surface area contributed by atoms with Gasteiger partial charge in [-0.3, -0.25) is 19.1 Å². The van der Waals surface area contributed by atoms with Crippen LogP contribution in [0.3, 0.4) is 0 Å². The predicted molar refractivity (Wildman–Crippen MR) is 105 cm³/mol. The third-order valence-electron chi connectivity index (χ3n) is 4.86. The zero-order valence-corrected chi connectivity index (χ0v) is 15.8. The summed E-state index contributed by atoms with van der Waals surface area (Å²) >= 11 is 1.10. The summed E-state index contributed by atoms with van der Waals surface area (Å²) < 4.78 is 1.29. The van der Waals surface area contributed by atoms with E-state index in [4.69, 9.17) is 0 Å². The lowest BCUT2D eigenvalue weighted by molar-refractivity contribution is -0.132. The first-order valence-corrected chi connectivity index (χ1v) is 9.87. The van der Waals surface area contributed by atoms with Gasteiger partial charge in [0, 0.05) is 36.4 Å². The Kier molecular flexibility index (Phi) is 4.91. The summed E-state index contributed by atoms with van der Waals surface area (Å²) in [6, 6.07) is 3.42. The third-order valence-corrected chi connectivity index (χ3v) is 5.74. The number of hydrogen-bond donors (Lipinski definition) is 1. The number of fused-ring (bicyclic) bond motifs is 1. The van der Waals surface area contributed by atoms with Crippen molar-refractivity contribution in [1.82, 2.24) is 19.4 Å². The van der Waals surface area contributed by atoms with Crippen molar-refractivity contribution in [2.75, 3.05) is 13.1 Å². The van der Waals surface area contributed by atoms with E-state index in [9.17, 15) is 19.5 Å². The van der Waals surface area contributed by atoms with E-state index in [1.807, 2.05) is 0 Å². The van der Waals surface area contributed by atoms with Crippen LogP contribution in [0, 0.1) is 0 Å². The number of amides is 1. The highest BCUT2D eigenvalue weighted by Crippen LogP contribution is 2.25. The van der Waals surface area contributed by atoms with E-state index in [0.717, 1.165) is 30.6 Å². The van der Waals surface area contributed by atoms with Crippen molar-refractivity contribution >= 4 is 33.4 Å². The molecule has 1 aliphatic heterocycles. The van der Waals surface area contributed by atoms with Gasteiger partial charge >= 0.3 is 5.97 Å². The van der Waals surface area contributed by atoms with Crippen molar-refractivity contribution in [3.8, 4) is 11.4 Å². The largest absolute Gasteiger partial charge is 0.478 e. The standard InChI is InChI=1S/C19H18N4O4S/c24-14(22-8-2-1-3-9-22)10-23-16(12-4-6-20-7-5-12)21-17-15(18(23)25)13(11-28-17)19(26)27/h4-7,11H,1-3,8-10H2,(H,26,27). The van der Waals surface area contributed by atoms with Crippen LogP contribution in [-0.2, 0) is 11.3 Å². The van der Waals surface area contributed by atoms with E-state index in [0.29, 0.717) is 29.3 Å². The van der Waals surface area contributed by atoms with E-state index in [1.54, 1.807) is 29.4 Å². The van der Waals surface area contributed by atoms with E-state index >= 15 is 0 Å². The lowest BCUT2D eigenvalue weighted by Crippen LogP contribution is -2.40. The van der Waals surface area contributed by atoms with E-state index in [-0.39, 0.29) is 23.4 Å². The summed E-state index contributed by atoms with van der Waals surface area (Å²) in [5.41, 5.74) is 0.0458. The predicted octanol–water partition coefficient (Wildman–Crippen LogP) is 2.23. The van der Waals surface area contributed by atoms with Crippen LogP contribution >= 0.6 is 11.3 Å². The van der Waals surface area contributed by atoms with Crippen molar-refractivity contribution in [2.45, 2.75) is 25.8 Å². The Labute approximate surface area is 164 Å². The highest BCUT2D eigenvalue weighted by atomic mass is 32.1. The number of likely N-dealkylation sites (tertiary alicyclic amines) is 1. The van der Waals surface area contributed by atoms with Gasteiger partial charge in [0.1, 0.15) is 17.2 Å². The minimum Gasteiger partial charge on any atom is -0.478 e. The second-order valence-electron chi connectivity index (χ2n) is 6.64. The second-order valence-corrected chi connectivity index (χ2v) is 7.50. The van der Waals surface area contributed by atoms with Crippen LogP contribution in [0.2, 0.25) is 0 Å². The molecule has 0 unspecified atom stereocenters. The fraction of sp³-hybridized carbons (Fsp3) is 0.316. The maximum atomic E-state index is 13.2. The number of carboxylic acid groups (broad SMARTS) is 1. The average Bonchev–Trinajstić information content (AvgIpc) is 3.16. The van der Waals surface area contributed by atoms with Crippen molar-refractivity contribution in [3.63, 3.8) is 0 Å². The van der Waals surface area contributed by atoms with Gasteiger partial charge in [-0.25, -0.2) is 9.78 Å². The molecule has 0 bridgehead atoms. The summed E-state index contributed by atoms with van der Waals surface area (Å²) in [6.45, 7) is 1.17. The van der Waals surface area contributed by atoms with Crippen LogP contribution in [0.5, 0.6) is 0 Å². The minimum atomic E-state index is -1.18. The maximum Gasteiger partial charge on any atom is 0.337 e. The molecule has 1 aliphatic rings. The van der Waals surface area contributed by atoms with E-state index in [1.165, 1.54) is 9.95 Å². The second kappa shape index (κ2) is 7.51. The van der Waals surface area contributed by atoms with Crippen LogP contribution < -0.4 is 5.56 Å². The van der Waals surface area contributed by atoms with Crippen molar-refractivity contribution < 1.29 is 14.7 Å². The van der Waals surface area contributed by atoms with Gasteiger partial charge in [0.2, 0.25) is 5.91 Å². The van der Waals surface area contributed by atoms with Crippen LogP contribution in [0.25, 0.3) is 21.6 Å². The van der Waals surface area contributed by atoms with Crippen molar-refractivity contribution in [3.05, 3.63) is 45.8 Å².